The molecule has 0 aromatic carbocycles. The van der Waals surface area contributed by atoms with Gasteiger partial charge in [-0.05, 0) is 6.07 Å². The average Bonchev–Trinajstić information content (AvgIpc) is 2.55. The van der Waals surface area contributed by atoms with Crippen molar-refractivity contribution in [3.05, 3.63) is 30.5 Å². The third-order valence-corrected chi connectivity index (χ3v) is 1.37. The third kappa shape index (κ3) is 2.19. The van der Waals surface area contributed by atoms with Crippen LogP contribution in [0, 0.1) is 5.41 Å². The molecule has 0 radical (unpaired) electrons. The molecular formula is C8H10N4O. The maximum Gasteiger partial charge on any atom is 0.220 e. The number of amidine groups is 2. The highest BCUT2D eigenvalue weighted by molar-refractivity contribution is 6.20. The summed E-state index contributed by atoms with van der Waals surface area (Å²) in [6.45, 7) is 3.49. The molecule has 0 atom stereocenters. The number of nitrogens with two attached hydrogens (primary N) is 2. The molecule has 0 bridgehead atoms. The number of hydrogen-bond donors (Lipinski definition) is 3. The molecule has 0 unspecified atom stereocenters. The van der Waals surface area contributed by atoms with Crippen LogP contribution in [-0.2, 0) is 0 Å². The number of nitrogens with zero attached hydrogens (tertiary/aromatic N) is 1. The van der Waals surface area contributed by atoms with Gasteiger partial charge >= 0.3 is 0 Å². The molecule has 0 aliphatic rings. The van der Waals surface area contributed by atoms with E-state index in [2.05, 4.69) is 11.6 Å². The average molecular weight is 178 g/mol. The molecule has 0 aliphatic carbocycles. The molecule has 1 aromatic rings. The molecule has 13 heavy (non-hydrogen) atoms. The maximum absolute atomic E-state index is 7.05. The summed E-state index contributed by atoms with van der Waals surface area (Å²) in [5, 5.41) is 7.05. The first kappa shape index (κ1) is 9.05. The summed E-state index contributed by atoms with van der Waals surface area (Å²) in [6, 6.07) is 3.32. The van der Waals surface area contributed by atoms with Gasteiger partial charge in [0, 0.05) is 6.07 Å². The molecule has 1 heterocycles. The minimum absolute atomic E-state index is 0.0856. The van der Waals surface area contributed by atoms with E-state index in [-0.39, 0.29) is 17.2 Å². The van der Waals surface area contributed by atoms with Crippen molar-refractivity contribution < 1.29 is 4.42 Å². The Morgan fingerprint density at radius 3 is 2.69 bits per heavy atom. The molecule has 0 amide bonds. The Hall–Kier alpha value is -2.04. The highest BCUT2D eigenvalue weighted by atomic mass is 16.3. The Labute approximate surface area is 75.3 Å². The van der Waals surface area contributed by atoms with Crippen LogP contribution < -0.4 is 11.5 Å². The van der Waals surface area contributed by atoms with Gasteiger partial charge in [0.2, 0.25) is 5.88 Å². The molecular weight excluding hydrogens is 168 g/mol. The van der Waals surface area contributed by atoms with Crippen molar-refractivity contribution in [2.24, 2.45) is 16.5 Å². The highest BCUT2D eigenvalue weighted by Gasteiger charge is 2.03. The van der Waals surface area contributed by atoms with Gasteiger partial charge < -0.3 is 15.9 Å². The lowest BCUT2D eigenvalue weighted by atomic mass is 10.2. The van der Waals surface area contributed by atoms with Crippen molar-refractivity contribution >= 4 is 17.6 Å². The van der Waals surface area contributed by atoms with Crippen LogP contribution in [0.2, 0.25) is 0 Å². The fourth-order valence-corrected chi connectivity index (χ4v) is 0.658. The molecule has 1 aromatic heterocycles. The number of rotatable bonds is 3. The summed E-state index contributed by atoms with van der Waals surface area (Å²) < 4.78 is 4.91. The monoisotopic (exact) mass is 178 g/mol. The second-order valence-electron chi connectivity index (χ2n) is 2.34. The minimum Gasteiger partial charge on any atom is -0.447 e. The van der Waals surface area contributed by atoms with Crippen molar-refractivity contribution in [3.8, 4) is 0 Å². The van der Waals surface area contributed by atoms with Crippen LogP contribution in [-0.4, -0.2) is 11.7 Å². The molecule has 5 nitrogen and oxygen atoms in total. The van der Waals surface area contributed by atoms with Crippen LogP contribution in [0.15, 0.2) is 40.0 Å². The van der Waals surface area contributed by atoms with Crippen molar-refractivity contribution in [3.63, 3.8) is 0 Å². The van der Waals surface area contributed by atoms with E-state index in [0.717, 1.165) is 0 Å². The Bertz CT molecular complexity index is 350. The molecule has 5 N–H and O–H groups in total. The zero-order valence-corrected chi connectivity index (χ0v) is 6.95. The zero-order chi connectivity index (χ0) is 9.84. The van der Waals surface area contributed by atoms with Gasteiger partial charge in [0.15, 0.2) is 0 Å². The Morgan fingerprint density at radius 2 is 2.23 bits per heavy atom. The van der Waals surface area contributed by atoms with Crippen molar-refractivity contribution in [1.29, 1.82) is 5.41 Å². The predicted molar refractivity (Wildman–Crippen MR) is 51.0 cm³/mol. The van der Waals surface area contributed by atoms with E-state index < -0.39 is 0 Å². The van der Waals surface area contributed by atoms with Crippen LogP contribution >= 0.6 is 0 Å². The lowest BCUT2D eigenvalue weighted by molar-refractivity contribution is 0.578. The highest BCUT2D eigenvalue weighted by Crippen LogP contribution is 2.11. The molecule has 0 saturated carbocycles. The van der Waals surface area contributed by atoms with E-state index in [0.29, 0.717) is 5.88 Å². The summed E-state index contributed by atoms with van der Waals surface area (Å²) in [5.74, 6) is 0.246. The molecule has 1 rings (SSSR count). The Balaban J connectivity index is 2.84. The molecule has 0 saturated heterocycles. The number of nitrogens with one attached hydrogen (secondary N) is 1. The molecule has 0 aliphatic heterocycles. The van der Waals surface area contributed by atoms with Gasteiger partial charge in [0.25, 0.3) is 0 Å². The first-order valence-electron chi connectivity index (χ1n) is 3.52. The van der Waals surface area contributed by atoms with Gasteiger partial charge in [-0.15, -0.1) is 0 Å². The van der Waals surface area contributed by atoms with E-state index in [1.165, 1.54) is 6.26 Å². The van der Waals surface area contributed by atoms with E-state index >= 15 is 0 Å². The van der Waals surface area contributed by atoms with Gasteiger partial charge in [-0.2, -0.15) is 4.99 Å². The summed E-state index contributed by atoms with van der Waals surface area (Å²) in [4.78, 5) is 3.85. The van der Waals surface area contributed by atoms with E-state index in [9.17, 15) is 0 Å². The predicted octanol–water partition coefficient (Wildman–Crippen LogP) is 0.760. The first-order chi connectivity index (χ1) is 6.11. The molecule has 68 valence electrons. The quantitative estimate of drug-likeness (QED) is 0.470. The van der Waals surface area contributed by atoms with Gasteiger partial charge in [0.1, 0.15) is 11.7 Å². The lowest BCUT2D eigenvalue weighted by Gasteiger charge is -2.00. The van der Waals surface area contributed by atoms with Crippen molar-refractivity contribution in [1.82, 2.24) is 0 Å². The van der Waals surface area contributed by atoms with Gasteiger partial charge in [0.05, 0.1) is 11.8 Å². The second-order valence-corrected chi connectivity index (χ2v) is 2.34. The van der Waals surface area contributed by atoms with Gasteiger partial charge in [-0.1, -0.05) is 6.58 Å². The first-order valence-corrected chi connectivity index (χ1v) is 3.52. The molecule has 0 spiro atoms. The zero-order valence-electron chi connectivity index (χ0n) is 6.95. The Morgan fingerprint density at radius 1 is 1.54 bits per heavy atom. The maximum atomic E-state index is 7.05. The standard InChI is InChI=1S/C8H10N4O/c1-5(7(9)10)8(11)12-6-3-2-4-13-6/h2-4H,1H2,(H3,9,10)(H2,11,12). The smallest absolute Gasteiger partial charge is 0.220 e. The van der Waals surface area contributed by atoms with Crippen LogP contribution in [0.25, 0.3) is 0 Å². The summed E-state index contributed by atoms with van der Waals surface area (Å²) >= 11 is 0. The van der Waals surface area contributed by atoms with Crippen molar-refractivity contribution in [2.75, 3.05) is 0 Å². The third-order valence-electron chi connectivity index (χ3n) is 1.37. The fraction of sp³-hybridized carbons (Fsp3) is 0. The summed E-state index contributed by atoms with van der Waals surface area (Å²) in [5.41, 5.74) is 10.8. The topological polar surface area (TPSA) is 101 Å². The van der Waals surface area contributed by atoms with Crippen molar-refractivity contribution in [2.45, 2.75) is 0 Å². The number of furan rings is 1. The van der Waals surface area contributed by atoms with E-state index in [1.807, 2.05) is 0 Å². The van der Waals surface area contributed by atoms with Crippen LogP contribution in [0.5, 0.6) is 0 Å². The molecule has 0 fully saturated rings. The van der Waals surface area contributed by atoms with Crippen LogP contribution in [0.1, 0.15) is 0 Å². The van der Waals surface area contributed by atoms with Gasteiger partial charge in [-0.25, -0.2) is 0 Å². The normalized spacial score (nSPS) is 11.2. The van der Waals surface area contributed by atoms with Crippen LogP contribution in [0.3, 0.4) is 0 Å². The SMILES string of the molecule is C=C(C(=N)N)C(N)=Nc1ccco1. The second kappa shape index (κ2) is 3.57. The van der Waals surface area contributed by atoms with E-state index in [1.54, 1.807) is 12.1 Å². The van der Waals surface area contributed by atoms with E-state index in [4.69, 9.17) is 21.3 Å². The summed E-state index contributed by atoms with van der Waals surface area (Å²) in [7, 11) is 0. The largest absolute Gasteiger partial charge is 0.447 e. The van der Waals surface area contributed by atoms with Crippen LogP contribution in [0.4, 0.5) is 5.88 Å². The number of aliphatic imine (C=N–C) groups is 1. The minimum atomic E-state index is -0.201. The number of hydrogen-bond acceptors (Lipinski definition) is 3. The van der Waals surface area contributed by atoms with Gasteiger partial charge in [-0.3, -0.25) is 5.41 Å². The fourth-order valence-electron chi connectivity index (χ4n) is 0.658. The lowest BCUT2D eigenvalue weighted by Crippen LogP contribution is -2.24. The summed E-state index contributed by atoms with van der Waals surface area (Å²) in [6.07, 6.45) is 1.47. The molecule has 5 heteroatoms. The Kier molecular flexibility index (Phi) is 2.49.